The number of aromatic nitrogens is 2. The molecule has 1 fully saturated rings. The summed E-state index contributed by atoms with van der Waals surface area (Å²) in [6.45, 7) is 9.31. The van der Waals surface area contributed by atoms with E-state index < -0.39 is 10.0 Å². The van der Waals surface area contributed by atoms with Crippen molar-refractivity contribution in [2.45, 2.75) is 51.7 Å². The van der Waals surface area contributed by atoms with Crippen molar-refractivity contribution in [3.8, 4) is 0 Å². The van der Waals surface area contributed by atoms with Crippen LogP contribution in [-0.2, 0) is 16.6 Å². The van der Waals surface area contributed by atoms with Gasteiger partial charge in [0.1, 0.15) is 0 Å². The SMILES string of the molecule is CC(C)NCc1cn[nH]c1S(=O)(=O)NCC1CC1(C)C. The number of sulfonamides is 1. The fourth-order valence-corrected chi connectivity index (χ4v) is 3.39. The van der Waals surface area contributed by atoms with Gasteiger partial charge >= 0.3 is 0 Å². The molecule has 1 saturated carbocycles. The van der Waals surface area contributed by atoms with E-state index in [1.165, 1.54) is 0 Å². The number of H-pyrrole nitrogens is 1. The van der Waals surface area contributed by atoms with Crippen LogP contribution in [0.25, 0.3) is 0 Å². The van der Waals surface area contributed by atoms with Gasteiger partial charge in [-0.05, 0) is 17.8 Å². The minimum Gasteiger partial charge on any atom is -0.310 e. The van der Waals surface area contributed by atoms with Gasteiger partial charge in [-0.1, -0.05) is 27.7 Å². The van der Waals surface area contributed by atoms with Crippen molar-refractivity contribution >= 4 is 10.0 Å². The van der Waals surface area contributed by atoms with Crippen molar-refractivity contribution in [2.75, 3.05) is 6.54 Å². The number of hydrogen-bond acceptors (Lipinski definition) is 4. The van der Waals surface area contributed by atoms with Crippen LogP contribution in [0.4, 0.5) is 0 Å². The second-order valence-electron chi connectivity index (χ2n) is 6.50. The summed E-state index contributed by atoms with van der Waals surface area (Å²) in [7, 11) is -3.51. The number of aromatic amines is 1. The Bertz CT molecular complexity index is 563. The molecule has 0 radical (unpaired) electrons. The molecule has 3 N–H and O–H groups in total. The predicted octanol–water partition coefficient (Wildman–Crippen LogP) is 1.23. The van der Waals surface area contributed by atoms with Gasteiger partial charge in [-0.3, -0.25) is 5.10 Å². The van der Waals surface area contributed by atoms with Crippen LogP contribution in [0.15, 0.2) is 11.2 Å². The maximum Gasteiger partial charge on any atom is 0.257 e. The Kier molecular flexibility index (Phi) is 4.22. The molecular formula is C13H24N4O2S. The van der Waals surface area contributed by atoms with E-state index in [1.807, 2.05) is 13.8 Å². The van der Waals surface area contributed by atoms with Gasteiger partial charge < -0.3 is 5.32 Å². The largest absolute Gasteiger partial charge is 0.310 e. The molecule has 1 heterocycles. The predicted molar refractivity (Wildman–Crippen MR) is 77.6 cm³/mol. The lowest BCUT2D eigenvalue weighted by Gasteiger charge is -2.10. The Balaban J connectivity index is 2.00. The molecule has 1 aliphatic rings. The lowest BCUT2D eigenvalue weighted by atomic mass is 10.1. The van der Waals surface area contributed by atoms with Crippen molar-refractivity contribution in [3.05, 3.63) is 11.8 Å². The van der Waals surface area contributed by atoms with E-state index >= 15 is 0 Å². The third kappa shape index (κ3) is 3.59. The molecule has 0 bridgehead atoms. The zero-order chi connectivity index (χ0) is 15.0. The van der Waals surface area contributed by atoms with Crippen LogP contribution in [0.1, 0.15) is 39.7 Å². The van der Waals surface area contributed by atoms with Crippen LogP contribution in [-0.4, -0.2) is 31.2 Å². The third-order valence-electron chi connectivity index (χ3n) is 3.88. The summed E-state index contributed by atoms with van der Waals surface area (Å²) < 4.78 is 27.3. The maximum absolute atomic E-state index is 12.3. The van der Waals surface area contributed by atoms with Crippen LogP contribution >= 0.6 is 0 Å². The van der Waals surface area contributed by atoms with E-state index in [-0.39, 0.29) is 10.4 Å². The maximum atomic E-state index is 12.3. The molecular weight excluding hydrogens is 276 g/mol. The van der Waals surface area contributed by atoms with Crippen molar-refractivity contribution in [1.29, 1.82) is 0 Å². The number of nitrogens with zero attached hydrogens (tertiary/aromatic N) is 1. The second kappa shape index (κ2) is 5.46. The molecule has 0 spiro atoms. The lowest BCUT2D eigenvalue weighted by molar-refractivity contribution is 0.533. The van der Waals surface area contributed by atoms with Gasteiger partial charge in [0.25, 0.3) is 10.0 Å². The average Bonchev–Trinajstić information content (AvgIpc) is 2.77. The summed E-state index contributed by atoms with van der Waals surface area (Å²) in [4.78, 5) is 0. The molecule has 1 aromatic heterocycles. The number of rotatable bonds is 7. The summed E-state index contributed by atoms with van der Waals surface area (Å²) in [6, 6.07) is 0.292. The Labute approximate surface area is 120 Å². The van der Waals surface area contributed by atoms with Crippen LogP contribution in [0, 0.1) is 11.3 Å². The molecule has 6 nitrogen and oxygen atoms in total. The standard InChI is InChI=1S/C13H24N4O2S/c1-9(2)14-6-10-7-15-17-12(10)20(18,19)16-8-11-5-13(11,3)4/h7,9,11,14,16H,5-6,8H2,1-4H3,(H,15,17). The highest BCUT2D eigenvalue weighted by Gasteiger charge is 2.45. The zero-order valence-corrected chi connectivity index (χ0v) is 13.3. The first-order chi connectivity index (χ1) is 9.22. The highest BCUT2D eigenvalue weighted by Crippen LogP contribution is 2.51. The fraction of sp³-hybridized carbons (Fsp3) is 0.769. The zero-order valence-electron chi connectivity index (χ0n) is 12.5. The van der Waals surface area contributed by atoms with Crippen molar-refractivity contribution in [1.82, 2.24) is 20.2 Å². The monoisotopic (exact) mass is 300 g/mol. The van der Waals surface area contributed by atoms with E-state index in [0.717, 1.165) is 6.42 Å². The Morgan fingerprint density at radius 1 is 1.50 bits per heavy atom. The van der Waals surface area contributed by atoms with Crippen molar-refractivity contribution in [2.24, 2.45) is 11.3 Å². The summed E-state index contributed by atoms with van der Waals surface area (Å²) >= 11 is 0. The minimum absolute atomic E-state index is 0.170. The summed E-state index contributed by atoms with van der Waals surface area (Å²) in [5.74, 6) is 0.428. The van der Waals surface area contributed by atoms with Crippen LogP contribution in [0.3, 0.4) is 0 Å². The van der Waals surface area contributed by atoms with E-state index in [1.54, 1.807) is 6.20 Å². The van der Waals surface area contributed by atoms with Gasteiger partial charge in [0.2, 0.25) is 0 Å². The van der Waals surface area contributed by atoms with E-state index in [0.29, 0.717) is 30.6 Å². The van der Waals surface area contributed by atoms with E-state index in [9.17, 15) is 8.42 Å². The third-order valence-corrected chi connectivity index (χ3v) is 5.32. The van der Waals surface area contributed by atoms with Crippen LogP contribution in [0.2, 0.25) is 0 Å². The first-order valence-electron chi connectivity index (χ1n) is 6.97. The highest BCUT2D eigenvalue weighted by molar-refractivity contribution is 7.89. The van der Waals surface area contributed by atoms with Gasteiger partial charge in [0, 0.05) is 24.7 Å². The Morgan fingerprint density at radius 2 is 2.15 bits per heavy atom. The van der Waals surface area contributed by atoms with Gasteiger partial charge in [0.15, 0.2) is 5.03 Å². The molecule has 7 heteroatoms. The summed E-state index contributed by atoms with van der Waals surface area (Å²) in [5, 5.41) is 9.82. The summed E-state index contributed by atoms with van der Waals surface area (Å²) in [6.07, 6.45) is 2.63. The molecule has 1 unspecified atom stereocenters. The van der Waals surface area contributed by atoms with Gasteiger partial charge in [-0.25, -0.2) is 13.1 Å². The normalized spacial score (nSPS) is 21.4. The fourth-order valence-electron chi connectivity index (χ4n) is 2.18. The Morgan fingerprint density at radius 3 is 2.70 bits per heavy atom. The first-order valence-corrected chi connectivity index (χ1v) is 8.46. The van der Waals surface area contributed by atoms with E-state index in [2.05, 4.69) is 34.1 Å². The molecule has 2 rings (SSSR count). The second-order valence-corrected chi connectivity index (χ2v) is 8.21. The molecule has 114 valence electrons. The van der Waals surface area contributed by atoms with Crippen LogP contribution < -0.4 is 10.0 Å². The molecule has 0 aromatic carbocycles. The minimum atomic E-state index is -3.51. The van der Waals surface area contributed by atoms with Gasteiger partial charge in [-0.15, -0.1) is 0 Å². The topological polar surface area (TPSA) is 86.9 Å². The lowest BCUT2D eigenvalue weighted by Crippen LogP contribution is -2.29. The molecule has 20 heavy (non-hydrogen) atoms. The first kappa shape index (κ1) is 15.5. The molecule has 1 aliphatic carbocycles. The highest BCUT2D eigenvalue weighted by atomic mass is 32.2. The van der Waals surface area contributed by atoms with Crippen molar-refractivity contribution in [3.63, 3.8) is 0 Å². The molecule has 0 saturated heterocycles. The number of nitrogens with one attached hydrogen (secondary N) is 3. The summed E-state index contributed by atoms with van der Waals surface area (Å²) in [5.41, 5.74) is 0.930. The molecule has 1 atom stereocenters. The molecule has 1 aromatic rings. The van der Waals surface area contributed by atoms with Crippen LogP contribution in [0.5, 0.6) is 0 Å². The Hall–Kier alpha value is -0.920. The quantitative estimate of drug-likeness (QED) is 0.707. The molecule has 0 amide bonds. The van der Waals surface area contributed by atoms with Crippen molar-refractivity contribution < 1.29 is 8.42 Å². The van der Waals surface area contributed by atoms with E-state index in [4.69, 9.17) is 0 Å². The smallest absolute Gasteiger partial charge is 0.257 e. The number of hydrogen-bond donors (Lipinski definition) is 3. The van der Waals surface area contributed by atoms with Gasteiger partial charge in [0.05, 0.1) is 6.20 Å². The molecule has 0 aliphatic heterocycles. The average molecular weight is 300 g/mol. The van der Waals surface area contributed by atoms with Gasteiger partial charge in [-0.2, -0.15) is 5.10 Å².